The van der Waals surface area contributed by atoms with Gasteiger partial charge in [0, 0.05) is 12.8 Å². The lowest BCUT2D eigenvalue weighted by Gasteiger charge is -2.18. The van der Waals surface area contributed by atoms with Crippen molar-refractivity contribution in [3.05, 3.63) is 24.3 Å². The van der Waals surface area contributed by atoms with Crippen LogP contribution in [0.1, 0.15) is 187 Å². The molecule has 8 nitrogen and oxygen atoms in total. The lowest BCUT2D eigenvalue weighted by Crippen LogP contribution is -2.29. The summed E-state index contributed by atoms with van der Waals surface area (Å²) in [4.78, 5) is 42.7. The molecule has 0 bridgehead atoms. The van der Waals surface area contributed by atoms with Crippen molar-refractivity contribution in [2.75, 3.05) is 13.2 Å². The Bertz CT molecular complexity index is 823. The topological polar surface area (TPSA) is 119 Å². The van der Waals surface area contributed by atoms with E-state index in [0.29, 0.717) is 6.42 Å². The van der Waals surface area contributed by atoms with Crippen molar-refractivity contribution in [2.24, 2.45) is 0 Å². The molecule has 0 aromatic heterocycles. The molecule has 0 heterocycles. The minimum absolute atomic E-state index is 0.205. The van der Waals surface area contributed by atoms with Crippen LogP contribution in [0.15, 0.2) is 24.3 Å². The van der Waals surface area contributed by atoms with Gasteiger partial charge < -0.3 is 19.3 Å². The molecule has 0 aromatic rings. The van der Waals surface area contributed by atoms with Gasteiger partial charge in [-0.05, 0) is 44.9 Å². The molecule has 1 atom stereocenters. The molecule has 0 spiro atoms. The van der Waals surface area contributed by atoms with Gasteiger partial charge in [-0.3, -0.25) is 14.1 Å². The van der Waals surface area contributed by atoms with Crippen LogP contribution in [0.2, 0.25) is 0 Å². The largest absolute Gasteiger partial charge is 0.469 e. The van der Waals surface area contributed by atoms with Crippen molar-refractivity contribution in [1.29, 1.82) is 0 Å². The number of phosphoric ester groups is 1. The maximum Gasteiger partial charge on any atom is 0.469 e. The molecule has 47 heavy (non-hydrogen) atoms. The third kappa shape index (κ3) is 37.2. The van der Waals surface area contributed by atoms with Crippen LogP contribution in [-0.4, -0.2) is 41.0 Å². The number of phosphoric acid groups is 1. The van der Waals surface area contributed by atoms with Crippen molar-refractivity contribution in [3.8, 4) is 0 Å². The third-order valence-electron chi connectivity index (χ3n) is 8.22. The second-order valence-corrected chi connectivity index (χ2v) is 14.1. The quantitative estimate of drug-likeness (QED) is 0.0292. The highest BCUT2D eigenvalue weighted by Crippen LogP contribution is 2.36. The molecule has 0 aliphatic rings. The first-order valence-corrected chi connectivity index (χ1v) is 20.7. The van der Waals surface area contributed by atoms with E-state index in [2.05, 4.69) is 42.7 Å². The molecule has 0 aliphatic carbocycles. The Morgan fingerprint density at radius 2 is 0.957 bits per heavy atom. The number of carbonyl (C=O) groups excluding carboxylic acids is 2. The molecule has 0 saturated heterocycles. The predicted octanol–water partition coefficient (Wildman–Crippen LogP) is 11.2. The molecular formula is C38H71O8P. The molecule has 0 amide bonds. The molecule has 276 valence electrons. The zero-order chi connectivity index (χ0) is 34.7. The van der Waals surface area contributed by atoms with Crippen molar-refractivity contribution < 1.29 is 37.9 Å². The van der Waals surface area contributed by atoms with Gasteiger partial charge in [0.05, 0.1) is 6.61 Å². The molecular weight excluding hydrogens is 615 g/mol. The zero-order valence-corrected chi connectivity index (χ0v) is 31.1. The highest BCUT2D eigenvalue weighted by Gasteiger charge is 2.22. The summed E-state index contributed by atoms with van der Waals surface area (Å²) in [6, 6.07) is 0. The van der Waals surface area contributed by atoms with Crippen LogP contribution in [0, 0.1) is 0 Å². The third-order valence-corrected chi connectivity index (χ3v) is 8.71. The van der Waals surface area contributed by atoms with E-state index in [1.165, 1.54) is 103 Å². The lowest BCUT2D eigenvalue weighted by atomic mass is 10.1. The van der Waals surface area contributed by atoms with E-state index < -0.39 is 32.5 Å². The molecule has 0 aromatic carbocycles. The first-order chi connectivity index (χ1) is 22.8. The Morgan fingerprint density at radius 3 is 1.43 bits per heavy atom. The summed E-state index contributed by atoms with van der Waals surface area (Å²) >= 11 is 0. The monoisotopic (exact) mass is 686 g/mol. The summed E-state index contributed by atoms with van der Waals surface area (Å²) in [6.45, 7) is 3.65. The molecule has 2 N–H and O–H groups in total. The minimum atomic E-state index is -4.75. The van der Waals surface area contributed by atoms with E-state index in [0.717, 1.165) is 51.4 Å². The molecule has 0 radical (unpaired) electrons. The van der Waals surface area contributed by atoms with E-state index in [9.17, 15) is 14.2 Å². The number of allylic oxidation sites excluding steroid dienone is 4. The Hall–Kier alpha value is -1.47. The van der Waals surface area contributed by atoms with Crippen molar-refractivity contribution in [2.45, 2.75) is 193 Å². The van der Waals surface area contributed by atoms with Gasteiger partial charge in [-0.1, -0.05) is 154 Å². The maximum absolute atomic E-state index is 12.4. The fourth-order valence-corrected chi connectivity index (χ4v) is 5.70. The molecule has 0 rings (SSSR count). The second kappa shape index (κ2) is 34.4. The summed E-state index contributed by atoms with van der Waals surface area (Å²) in [6.07, 6.45) is 37.5. The second-order valence-electron chi connectivity index (χ2n) is 12.9. The van der Waals surface area contributed by atoms with Gasteiger partial charge in [0.2, 0.25) is 0 Å². The highest BCUT2D eigenvalue weighted by molar-refractivity contribution is 7.46. The van der Waals surface area contributed by atoms with Crippen LogP contribution >= 0.6 is 7.82 Å². The smallest absolute Gasteiger partial charge is 0.462 e. The summed E-state index contributed by atoms with van der Waals surface area (Å²) in [5, 5.41) is 0. The zero-order valence-electron chi connectivity index (χ0n) is 30.2. The Balaban J connectivity index is 3.95. The molecule has 0 fully saturated rings. The van der Waals surface area contributed by atoms with Gasteiger partial charge in [-0.15, -0.1) is 0 Å². The first-order valence-electron chi connectivity index (χ1n) is 19.1. The molecule has 0 saturated carbocycles. The summed E-state index contributed by atoms with van der Waals surface area (Å²) < 4.78 is 26.3. The summed E-state index contributed by atoms with van der Waals surface area (Å²) in [5.41, 5.74) is 0. The fraction of sp³-hybridized carbons (Fsp3) is 0.842. The van der Waals surface area contributed by atoms with E-state index in [1.807, 2.05) is 0 Å². The average molecular weight is 687 g/mol. The summed E-state index contributed by atoms with van der Waals surface area (Å²) in [5.74, 6) is -0.890. The Kier molecular flexibility index (Phi) is 33.3. The van der Waals surface area contributed by atoms with Crippen LogP contribution in [-0.2, 0) is 28.2 Å². The SMILES string of the molecule is CCCCCC/C=C\C/C=C\CCCCCCCCCC(=O)OC(COC(=O)CCCCCCCCCCCCC)COP(=O)(O)O. The number of carbonyl (C=O) groups is 2. The number of ether oxygens (including phenoxy) is 2. The first kappa shape index (κ1) is 45.5. The van der Waals surface area contributed by atoms with Gasteiger partial charge in [-0.2, -0.15) is 0 Å². The van der Waals surface area contributed by atoms with Crippen LogP contribution in [0.4, 0.5) is 0 Å². The van der Waals surface area contributed by atoms with Crippen LogP contribution in [0.25, 0.3) is 0 Å². The normalized spacial score (nSPS) is 12.7. The number of hydrogen-bond donors (Lipinski definition) is 2. The summed E-state index contributed by atoms with van der Waals surface area (Å²) in [7, 11) is -4.75. The number of rotatable bonds is 35. The Labute approximate surface area is 288 Å². The van der Waals surface area contributed by atoms with Gasteiger partial charge in [0.25, 0.3) is 0 Å². The van der Waals surface area contributed by atoms with E-state index in [4.69, 9.17) is 19.3 Å². The van der Waals surface area contributed by atoms with Gasteiger partial charge in [-0.25, -0.2) is 4.57 Å². The Morgan fingerprint density at radius 1 is 0.553 bits per heavy atom. The van der Waals surface area contributed by atoms with Crippen molar-refractivity contribution >= 4 is 19.8 Å². The number of unbranched alkanes of at least 4 members (excludes halogenated alkanes) is 21. The van der Waals surface area contributed by atoms with Crippen molar-refractivity contribution in [1.82, 2.24) is 0 Å². The molecule has 9 heteroatoms. The van der Waals surface area contributed by atoms with Crippen LogP contribution < -0.4 is 0 Å². The van der Waals surface area contributed by atoms with E-state index in [1.54, 1.807) is 0 Å². The van der Waals surface area contributed by atoms with Gasteiger partial charge in [0.15, 0.2) is 6.10 Å². The average Bonchev–Trinajstić information content (AvgIpc) is 3.03. The van der Waals surface area contributed by atoms with E-state index in [-0.39, 0.29) is 19.4 Å². The van der Waals surface area contributed by atoms with E-state index >= 15 is 0 Å². The molecule has 0 aliphatic heterocycles. The lowest BCUT2D eigenvalue weighted by molar-refractivity contribution is -0.161. The number of hydrogen-bond acceptors (Lipinski definition) is 6. The number of esters is 2. The highest BCUT2D eigenvalue weighted by atomic mass is 31.2. The minimum Gasteiger partial charge on any atom is -0.462 e. The van der Waals surface area contributed by atoms with Gasteiger partial charge in [0.1, 0.15) is 6.61 Å². The van der Waals surface area contributed by atoms with Crippen LogP contribution in [0.3, 0.4) is 0 Å². The predicted molar refractivity (Wildman–Crippen MR) is 193 cm³/mol. The maximum atomic E-state index is 12.4. The van der Waals surface area contributed by atoms with Crippen molar-refractivity contribution in [3.63, 3.8) is 0 Å². The standard InChI is InChI=1S/C38H71O8P/c1-3-5-7-9-11-13-15-16-17-18-19-20-21-23-25-27-29-31-33-38(40)46-36(35-45-47(41,42)43)34-44-37(39)32-30-28-26-24-22-14-12-10-8-6-4-2/h13,15,17-18,36H,3-12,14,16,19-35H2,1-2H3,(H2,41,42,43)/b15-13-,18-17-. The van der Waals surface area contributed by atoms with Gasteiger partial charge >= 0.3 is 19.8 Å². The van der Waals surface area contributed by atoms with Crippen LogP contribution in [0.5, 0.6) is 0 Å². The molecule has 1 unspecified atom stereocenters. The fourth-order valence-electron chi connectivity index (χ4n) is 5.34.